The van der Waals surface area contributed by atoms with E-state index in [2.05, 4.69) is 19.2 Å². The molecule has 1 amide bonds. The van der Waals surface area contributed by atoms with Crippen LogP contribution >= 0.6 is 0 Å². The molecule has 0 bridgehead atoms. The van der Waals surface area contributed by atoms with Gasteiger partial charge in [-0.3, -0.25) is 4.79 Å². The molecule has 4 heteroatoms. The normalized spacial score (nSPS) is 22.8. The highest BCUT2D eigenvalue weighted by molar-refractivity contribution is 5.81. The fraction of sp³-hybridized carbons (Fsp3) is 0.917. The van der Waals surface area contributed by atoms with Gasteiger partial charge in [-0.05, 0) is 31.1 Å². The lowest BCUT2D eigenvalue weighted by atomic mass is 9.75. The maximum absolute atomic E-state index is 11.7. The van der Waals surface area contributed by atoms with Crippen molar-refractivity contribution >= 4 is 5.91 Å². The molecule has 1 fully saturated rings. The molecule has 1 aliphatic rings. The summed E-state index contributed by atoms with van der Waals surface area (Å²) >= 11 is 0. The highest BCUT2D eigenvalue weighted by Gasteiger charge is 2.28. The average molecular weight is 228 g/mol. The Labute approximate surface area is 97.9 Å². The van der Waals surface area contributed by atoms with Crippen LogP contribution in [0.1, 0.15) is 39.5 Å². The van der Waals surface area contributed by atoms with Crippen molar-refractivity contribution in [3.63, 3.8) is 0 Å². The van der Waals surface area contributed by atoms with Gasteiger partial charge in [-0.1, -0.05) is 13.8 Å². The Balaban J connectivity index is 2.36. The molecule has 1 aliphatic carbocycles. The zero-order valence-corrected chi connectivity index (χ0v) is 10.6. The number of amides is 1. The van der Waals surface area contributed by atoms with Gasteiger partial charge in [0.15, 0.2) is 0 Å². The lowest BCUT2D eigenvalue weighted by Crippen LogP contribution is -2.46. The molecule has 0 radical (unpaired) electrons. The number of nitrogens with two attached hydrogens (primary N) is 1. The minimum Gasteiger partial charge on any atom is -0.370 e. The molecule has 1 saturated carbocycles. The molecule has 0 aromatic carbocycles. The van der Waals surface area contributed by atoms with Crippen LogP contribution in [0.15, 0.2) is 0 Å². The van der Waals surface area contributed by atoms with E-state index in [1.54, 1.807) is 0 Å². The summed E-state index contributed by atoms with van der Waals surface area (Å²) in [6.45, 7) is 4.80. The van der Waals surface area contributed by atoms with Crippen molar-refractivity contribution in [3.05, 3.63) is 0 Å². The summed E-state index contributed by atoms with van der Waals surface area (Å²) in [5.41, 5.74) is 5.87. The lowest BCUT2D eigenvalue weighted by Gasteiger charge is -2.35. The molecule has 0 aromatic heterocycles. The van der Waals surface area contributed by atoms with Crippen LogP contribution in [0.5, 0.6) is 0 Å². The van der Waals surface area contributed by atoms with Gasteiger partial charge in [0.25, 0.3) is 5.91 Å². The predicted octanol–water partition coefficient (Wildman–Crippen LogP) is 1.05. The smallest absolute Gasteiger partial charge is 0.250 e. The second-order valence-electron chi connectivity index (χ2n) is 5.41. The van der Waals surface area contributed by atoms with Crippen LogP contribution in [-0.4, -0.2) is 31.7 Å². The van der Waals surface area contributed by atoms with E-state index in [4.69, 9.17) is 10.5 Å². The van der Waals surface area contributed by atoms with E-state index in [9.17, 15) is 4.79 Å². The molecule has 1 atom stereocenters. The molecular weight excluding hydrogens is 204 g/mol. The van der Waals surface area contributed by atoms with Crippen LogP contribution in [0, 0.1) is 5.41 Å². The van der Waals surface area contributed by atoms with E-state index in [1.165, 1.54) is 7.11 Å². The molecule has 16 heavy (non-hydrogen) atoms. The number of rotatable bonds is 4. The first-order valence-electron chi connectivity index (χ1n) is 6.02. The van der Waals surface area contributed by atoms with E-state index in [0.29, 0.717) is 11.5 Å². The molecule has 0 saturated heterocycles. The Morgan fingerprint density at radius 1 is 1.50 bits per heavy atom. The number of nitrogens with one attached hydrogen (secondary N) is 1. The van der Waals surface area contributed by atoms with Crippen LogP contribution in [0.4, 0.5) is 0 Å². The zero-order chi connectivity index (χ0) is 12.2. The van der Waals surface area contributed by atoms with Crippen molar-refractivity contribution in [3.8, 4) is 0 Å². The Hall–Kier alpha value is -0.610. The molecule has 4 nitrogen and oxygen atoms in total. The second kappa shape index (κ2) is 5.64. The third-order valence-corrected chi connectivity index (χ3v) is 3.48. The SMILES string of the molecule is COC(CN)C(=O)NC1CCC(C)(C)CC1. The molecule has 0 aliphatic heterocycles. The van der Waals surface area contributed by atoms with Crippen molar-refractivity contribution < 1.29 is 9.53 Å². The summed E-state index contributed by atoms with van der Waals surface area (Å²) in [6.07, 6.45) is 3.94. The summed E-state index contributed by atoms with van der Waals surface area (Å²) in [7, 11) is 1.51. The van der Waals surface area contributed by atoms with E-state index in [1.807, 2.05) is 0 Å². The van der Waals surface area contributed by atoms with Gasteiger partial charge in [0.1, 0.15) is 6.10 Å². The van der Waals surface area contributed by atoms with Crippen molar-refractivity contribution in [2.75, 3.05) is 13.7 Å². The second-order valence-corrected chi connectivity index (χ2v) is 5.41. The fourth-order valence-electron chi connectivity index (χ4n) is 2.15. The van der Waals surface area contributed by atoms with Gasteiger partial charge in [0, 0.05) is 19.7 Å². The molecule has 1 unspecified atom stereocenters. The number of carbonyl (C=O) groups excluding carboxylic acids is 1. The standard InChI is InChI=1S/C12H24N2O2/c1-12(2)6-4-9(5-7-12)14-11(15)10(8-13)16-3/h9-10H,4-8,13H2,1-3H3,(H,14,15). The topological polar surface area (TPSA) is 64.3 Å². The molecule has 1 rings (SSSR count). The minimum absolute atomic E-state index is 0.0743. The fourth-order valence-corrected chi connectivity index (χ4v) is 2.15. The third-order valence-electron chi connectivity index (χ3n) is 3.48. The molecule has 94 valence electrons. The van der Waals surface area contributed by atoms with Crippen LogP contribution in [0.3, 0.4) is 0 Å². The Bertz CT molecular complexity index is 227. The molecule has 0 heterocycles. The quantitative estimate of drug-likeness (QED) is 0.756. The summed E-state index contributed by atoms with van der Waals surface area (Å²) in [6, 6.07) is 0.296. The number of hydrogen-bond donors (Lipinski definition) is 2. The predicted molar refractivity (Wildman–Crippen MR) is 64.0 cm³/mol. The number of carbonyl (C=O) groups is 1. The van der Waals surface area contributed by atoms with Gasteiger partial charge in [-0.15, -0.1) is 0 Å². The van der Waals surface area contributed by atoms with Gasteiger partial charge < -0.3 is 15.8 Å². The van der Waals surface area contributed by atoms with Gasteiger partial charge in [-0.25, -0.2) is 0 Å². The van der Waals surface area contributed by atoms with Crippen LogP contribution in [0.2, 0.25) is 0 Å². The highest BCUT2D eigenvalue weighted by atomic mass is 16.5. The maximum Gasteiger partial charge on any atom is 0.250 e. The van der Waals surface area contributed by atoms with Gasteiger partial charge >= 0.3 is 0 Å². The summed E-state index contributed by atoms with van der Waals surface area (Å²) in [5.74, 6) is -0.0743. The number of ether oxygens (including phenoxy) is 1. The van der Waals surface area contributed by atoms with Crippen LogP contribution < -0.4 is 11.1 Å². The van der Waals surface area contributed by atoms with E-state index in [-0.39, 0.29) is 12.5 Å². The lowest BCUT2D eigenvalue weighted by molar-refractivity contribution is -0.131. The van der Waals surface area contributed by atoms with Crippen molar-refractivity contribution in [1.82, 2.24) is 5.32 Å². The van der Waals surface area contributed by atoms with Gasteiger partial charge in [0.2, 0.25) is 0 Å². The average Bonchev–Trinajstić information content (AvgIpc) is 2.23. The highest BCUT2D eigenvalue weighted by Crippen LogP contribution is 2.34. The molecule has 3 N–H and O–H groups in total. The largest absolute Gasteiger partial charge is 0.370 e. The zero-order valence-electron chi connectivity index (χ0n) is 10.6. The Morgan fingerprint density at radius 3 is 2.50 bits per heavy atom. The molecule has 0 aromatic rings. The van der Waals surface area contributed by atoms with E-state index < -0.39 is 6.10 Å². The first-order valence-corrected chi connectivity index (χ1v) is 6.02. The van der Waals surface area contributed by atoms with Crippen molar-refractivity contribution in [2.24, 2.45) is 11.1 Å². The van der Waals surface area contributed by atoms with Crippen molar-refractivity contribution in [2.45, 2.75) is 51.7 Å². The monoisotopic (exact) mass is 228 g/mol. The van der Waals surface area contributed by atoms with E-state index >= 15 is 0 Å². The van der Waals surface area contributed by atoms with Crippen LogP contribution in [0.25, 0.3) is 0 Å². The third kappa shape index (κ3) is 3.76. The van der Waals surface area contributed by atoms with Crippen molar-refractivity contribution in [1.29, 1.82) is 0 Å². The van der Waals surface area contributed by atoms with Crippen LogP contribution in [-0.2, 0) is 9.53 Å². The van der Waals surface area contributed by atoms with Gasteiger partial charge in [0.05, 0.1) is 0 Å². The van der Waals surface area contributed by atoms with E-state index in [0.717, 1.165) is 25.7 Å². The number of hydrogen-bond acceptors (Lipinski definition) is 3. The molecule has 0 spiro atoms. The maximum atomic E-state index is 11.7. The summed E-state index contributed by atoms with van der Waals surface area (Å²) in [5, 5.41) is 3.01. The molecular formula is C12H24N2O2. The summed E-state index contributed by atoms with van der Waals surface area (Å²) in [4.78, 5) is 11.7. The first kappa shape index (κ1) is 13.5. The summed E-state index contributed by atoms with van der Waals surface area (Å²) < 4.78 is 5.01. The number of methoxy groups -OCH3 is 1. The Morgan fingerprint density at radius 2 is 2.06 bits per heavy atom. The van der Waals surface area contributed by atoms with Gasteiger partial charge in [-0.2, -0.15) is 0 Å². The minimum atomic E-state index is -0.505. The Kier molecular flexibility index (Phi) is 4.74. The first-order chi connectivity index (χ1) is 7.48.